The van der Waals surface area contributed by atoms with Crippen LogP contribution in [0.4, 0.5) is 0 Å². The Morgan fingerprint density at radius 1 is 0.909 bits per heavy atom. The smallest absolute Gasteiger partial charge is 0.0790 e. The van der Waals surface area contributed by atoms with E-state index in [0.717, 1.165) is 36.0 Å². The summed E-state index contributed by atoms with van der Waals surface area (Å²) >= 11 is 12.1. The maximum absolute atomic E-state index is 10.2. The normalized spacial score (nSPS) is 12.4. The summed E-state index contributed by atoms with van der Waals surface area (Å²) in [6.45, 7) is 0.215. The third-order valence-electron chi connectivity index (χ3n) is 3.67. The van der Waals surface area contributed by atoms with E-state index in [1.807, 2.05) is 36.4 Å². The van der Waals surface area contributed by atoms with Gasteiger partial charge in [0.05, 0.1) is 6.10 Å². The Labute approximate surface area is 141 Å². The predicted molar refractivity (Wildman–Crippen MR) is 92.4 cm³/mol. The van der Waals surface area contributed by atoms with Crippen LogP contribution in [0.2, 0.25) is 10.0 Å². The van der Waals surface area contributed by atoms with E-state index in [0.29, 0.717) is 16.5 Å². The second-order valence-corrected chi connectivity index (χ2v) is 6.18. The molecule has 0 spiro atoms. The van der Waals surface area contributed by atoms with E-state index in [1.54, 1.807) is 6.07 Å². The Morgan fingerprint density at radius 3 is 2.27 bits per heavy atom. The van der Waals surface area contributed by atoms with Gasteiger partial charge in [0.25, 0.3) is 0 Å². The average Bonchev–Trinajstić information content (AvgIpc) is 2.52. The number of halogens is 2. The number of hydrogen-bond acceptors (Lipinski definition) is 2. The van der Waals surface area contributed by atoms with E-state index in [2.05, 4.69) is 0 Å². The van der Waals surface area contributed by atoms with Crippen LogP contribution in [-0.4, -0.2) is 16.8 Å². The summed E-state index contributed by atoms with van der Waals surface area (Å²) in [5, 5.41) is 20.1. The van der Waals surface area contributed by atoms with Gasteiger partial charge in [-0.15, -0.1) is 0 Å². The van der Waals surface area contributed by atoms with Crippen molar-refractivity contribution in [3.63, 3.8) is 0 Å². The standard InChI is InChI=1S/C18H20Cl2O2/c19-15-9-10-16(17(20)12-15)13-5-7-14(8-6-13)18(22)4-2-1-3-11-21/h5-10,12,18,21-22H,1-4,11H2/t18-/m1/s1. The van der Waals surface area contributed by atoms with E-state index in [9.17, 15) is 5.11 Å². The largest absolute Gasteiger partial charge is 0.396 e. The van der Waals surface area contributed by atoms with Gasteiger partial charge in [0.15, 0.2) is 0 Å². The molecule has 22 heavy (non-hydrogen) atoms. The lowest BCUT2D eigenvalue weighted by Crippen LogP contribution is -1.97. The summed E-state index contributed by atoms with van der Waals surface area (Å²) in [6.07, 6.45) is 2.88. The molecule has 4 heteroatoms. The average molecular weight is 339 g/mol. The van der Waals surface area contributed by atoms with Gasteiger partial charge in [-0.3, -0.25) is 0 Å². The Morgan fingerprint density at radius 2 is 1.64 bits per heavy atom. The van der Waals surface area contributed by atoms with Gasteiger partial charge < -0.3 is 10.2 Å². The van der Waals surface area contributed by atoms with Gasteiger partial charge in [0.2, 0.25) is 0 Å². The fourth-order valence-electron chi connectivity index (χ4n) is 2.40. The number of benzene rings is 2. The van der Waals surface area contributed by atoms with Gasteiger partial charge in [0.1, 0.15) is 0 Å². The van der Waals surface area contributed by atoms with Crippen molar-refractivity contribution in [3.8, 4) is 11.1 Å². The van der Waals surface area contributed by atoms with Crippen LogP contribution < -0.4 is 0 Å². The van der Waals surface area contributed by atoms with Crippen molar-refractivity contribution >= 4 is 23.2 Å². The van der Waals surface area contributed by atoms with Crippen molar-refractivity contribution in [1.82, 2.24) is 0 Å². The van der Waals surface area contributed by atoms with Crippen LogP contribution in [0.5, 0.6) is 0 Å². The van der Waals surface area contributed by atoms with Gasteiger partial charge in [-0.25, -0.2) is 0 Å². The highest BCUT2D eigenvalue weighted by Crippen LogP contribution is 2.31. The molecule has 0 bridgehead atoms. The quantitative estimate of drug-likeness (QED) is 0.677. The molecule has 0 aliphatic rings. The number of rotatable bonds is 7. The lowest BCUT2D eigenvalue weighted by atomic mass is 9.99. The molecule has 0 aliphatic heterocycles. The van der Waals surface area contributed by atoms with Gasteiger partial charge in [-0.2, -0.15) is 0 Å². The minimum Gasteiger partial charge on any atom is -0.396 e. The Bertz CT molecular complexity index is 597. The third-order valence-corrected chi connectivity index (χ3v) is 4.22. The Kier molecular flexibility index (Phi) is 6.71. The molecule has 0 amide bonds. The Hall–Kier alpha value is -1.06. The van der Waals surface area contributed by atoms with Crippen LogP contribution in [0.3, 0.4) is 0 Å². The first kappa shape index (κ1) is 17.3. The lowest BCUT2D eigenvalue weighted by molar-refractivity contribution is 0.162. The first-order chi connectivity index (χ1) is 10.6. The molecular weight excluding hydrogens is 319 g/mol. The van der Waals surface area contributed by atoms with Crippen molar-refractivity contribution in [2.75, 3.05) is 6.61 Å². The van der Waals surface area contributed by atoms with Crippen molar-refractivity contribution in [2.24, 2.45) is 0 Å². The van der Waals surface area contributed by atoms with Gasteiger partial charge in [-0.1, -0.05) is 66.4 Å². The molecule has 0 fully saturated rings. The van der Waals surface area contributed by atoms with E-state index in [4.69, 9.17) is 28.3 Å². The highest BCUT2D eigenvalue weighted by Gasteiger charge is 2.09. The summed E-state index contributed by atoms with van der Waals surface area (Å²) in [5.41, 5.74) is 2.82. The summed E-state index contributed by atoms with van der Waals surface area (Å²) in [4.78, 5) is 0. The molecule has 2 aromatic carbocycles. The molecule has 2 nitrogen and oxygen atoms in total. The van der Waals surface area contributed by atoms with Crippen molar-refractivity contribution in [2.45, 2.75) is 31.8 Å². The van der Waals surface area contributed by atoms with Crippen molar-refractivity contribution < 1.29 is 10.2 Å². The molecule has 0 saturated carbocycles. The zero-order chi connectivity index (χ0) is 15.9. The van der Waals surface area contributed by atoms with Gasteiger partial charge >= 0.3 is 0 Å². The van der Waals surface area contributed by atoms with E-state index in [-0.39, 0.29) is 6.61 Å². The zero-order valence-electron chi connectivity index (χ0n) is 12.3. The van der Waals surface area contributed by atoms with Crippen LogP contribution in [0.15, 0.2) is 42.5 Å². The minimum absolute atomic E-state index is 0.215. The van der Waals surface area contributed by atoms with Crippen molar-refractivity contribution in [3.05, 3.63) is 58.1 Å². The van der Waals surface area contributed by atoms with E-state index >= 15 is 0 Å². The molecule has 0 unspecified atom stereocenters. The van der Waals surface area contributed by atoms with Crippen LogP contribution in [-0.2, 0) is 0 Å². The summed E-state index contributed by atoms with van der Waals surface area (Å²) < 4.78 is 0. The number of unbranched alkanes of at least 4 members (excludes halogenated alkanes) is 2. The van der Waals surface area contributed by atoms with Gasteiger partial charge in [-0.05, 0) is 36.1 Å². The lowest BCUT2D eigenvalue weighted by Gasteiger charge is -2.12. The zero-order valence-corrected chi connectivity index (χ0v) is 13.8. The molecule has 0 radical (unpaired) electrons. The summed E-state index contributed by atoms with van der Waals surface area (Å²) in [7, 11) is 0. The highest BCUT2D eigenvalue weighted by atomic mass is 35.5. The fourth-order valence-corrected chi connectivity index (χ4v) is 2.92. The molecule has 2 N–H and O–H groups in total. The van der Waals surface area contributed by atoms with Crippen molar-refractivity contribution in [1.29, 1.82) is 0 Å². The SMILES string of the molecule is OCCCCC[C@@H](O)c1ccc(-c2ccc(Cl)cc2Cl)cc1. The molecule has 0 heterocycles. The first-order valence-corrected chi connectivity index (χ1v) is 8.21. The molecule has 0 aromatic heterocycles. The number of hydrogen-bond donors (Lipinski definition) is 2. The van der Waals surface area contributed by atoms with Crippen LogP contribution in [0, 0.1) is 0 Å². The number of aliphatic hydroxyl groups is 2. The molecular formula is C18H20Cl2O2. The summed E-state index contributed by atoms with van der Waals surface area (Å²) in [5.74, 6) is 0. The van der Waals surface area contributed by atoms with Crippen LogP contribution in [0.25, 0.3) is 11.1 Å². The van der Waals surface area contributed by atoms with Gasteiger partial charge in [0, 0.05) is 22.2 Å². The predicted octanol–water partition coefficient (Wildman–Crippen LogP) is 5.25. The Balaban J connectivity index is 2.03. The molecule has 1 atom stereocenters. The topological polar surface area (TPSA) is 40.5 Å². The van der Waals surface area contributed by atoms with E-state index < -0.39 is 6.10 Å². The molecule has 2 aromatic rings. The first-order valence-electron chi connectivity index (χ1n) is 7.46. The summed E-state index contributed by atoms with van der Waals surface area (Å²) in [6, 6.07) is 13.2. The number of aliphatic hydroxyl groups excluding tert-OH is 2. The third kappa shape index (κ3) is 4.72. The second kappa shape index (κ2) is 8.54. The molecule has 0 saturated heterocycles. The monoisotopic (exact) mass is 338 g/mol. The maximum atomic E-state index is 10.2. The minimum atomic E-state index is -0.464. The second-order valence-electron chi connectivity index (χ2n) is 5.33. The van der Waals surface area contributed by atoms with Crippen LogP contribution >= 0.6 is 23.2 Å². The molecule has 0 aliphatic carbocycles. The highest BCUT2D eigenvalue weighted by molar-refractivity contribution is 6.36. The van der Waals surface area contributed by atoms with E-state index in [1.165, 1.54) is 0 Å². The van der Waals surface area contributed by atoms with Crippen LogP contribution in [0.1, 0.15) is 37.4 Å². The maximum Gasteiger partial charge on any atom is 0.0790 e. The fraction of sp³-hybridized carbons (Fsp3) is 0.333. The molecule has 2 rings (SSSR count). The molecule has 118 valence electrons.